The Hall–Kier alpha value is -1.67. The highest BCUT2D eigenvalue weighted by Gasteiger charge is 2.10. The molecule has 0 aliphatic heterocycles. The molecule has 0 radical (unpaired) electrons. The van der Waals surface area contributed by atoms with E-state index in [0.717, 1.165) is 32.2 Å². The monoisotopic (exact) mass is 254 g/mol. The van der Waals surface area contributed by atoms with Gasteiger partial charge >= 0.3 is 0 Å². The molecule has 1 aromatic heterocycles. The summed E-state index contributed by atoms with van der Waals surface area (Å²) in [4.78, 5) is 12.6. The van der Waals surface area contributed by atoms with Crippen LogP contribution in [0.15, 0.2) is 41.2 Å². The van der Waals surface area contributed by atoms with Gasteiger partial charge in [0.1, 0.15) is 0 Å². The fraction of sp³-hybridized carbons (Fsp3) is 0.188. The molecule has 0 fully saturated rings. The van der Waals surface area contributed by atoms with Crippen LogP contribution in [0, 0.1) is 6.92 Å². The maximum Gasteiger partial charge on any atom is 0.196 e. The Morgan fingerprint density at radius 1 is 1.11 bits per heavy atom. The number of aryl methyl sites for hydroxylation is 2. The topological polar surface area (TPSA) is 17.1 Å². The number of rotatable bonds is 1. The van der Waals surface area contributed by atoms with E-state index >= 15 is 0 Å². The third kappa shape index (κ3) is 1.57. The van der Waals surface area contributed by atoms with E-state index in [0.29, 0.717) is 0 Å². The van der Waals surface area contributed by atoms with E-state index in [-0.39, 0.29) is 5.43 Å². The van der Waals surface area contributed by atoms with Crippen LogP contribution in [0.2, 0.25) is 0 Å². The van der Waals surface area contributed by atoms with Gasteiger partial charge in [-0.1, -0.05) is 31.2 Å². The Morgan fingerprint density at radius 2 is 1.89 bits per heavy atom. The van der Waals surface area contributed by atoms with Crippen LogP contribution in [-0.4, -0.2) is 0 Å². The molecule has 90 valence electrons. The summed E-state index contributed by atoms with van der Waals surface area (Å²) >= 11 is 1.73. The van der Waals surface area contributed by atoms with Crippen molar-refractivity contribution in [3.8, 4) is 0 Å². The van der Waals surface area contributed by atoms with Crippen LogP contribution in [0.4, 0.5) is 0 Å². The zero-order chi connectivity index (χ0) is 12.7. The van der Waals surface area contributed by atoms with Gasteiger partial charge in [-0.05, 0) is 36.6 Å². The maximum atomic E-state index is 12.6. The minimum Gasteiger partial charge on any atom is -0.288 e. The molecule has 2 heteroatoms. The summed E-state index contributed by atoms with van der Waals surface area (Å²) in [5.41, 5.74) is 2.52. The quantitative estimate of drug-likeness (QED) is 0.592. The highest BCUT2D eigenvalue weighted by Crippen LogP contribution is 2.29. The molecule has 3 rings (SSSR count). The Bertz CT molecular complexity index is 799. The third-order valence-corrected chi connectivity index (χ3v) is 4.65. The van der Waals surface area contributed by atoms with E-state index in [9.17, 15) is 4.79 Å². The lowest BCUT2D eigenvalue weighted by molar-refractivity contribution is 1.16. The van der Waals surface area contributed by atoms with Gasteiger partial charge in [-0.2, -0.15) is 0 Å². The van der Waals surface area contributed by atoms with E-state index in [2.05, 4.69) is 19.1 Å². The zero-order valence-electron chi connectivity index (χ0n) is 10.5. The van der Waals surface area contributed by atoms with Crippen LogP contribution in [0.3, 0.4) is 0 Å². The summed E-state index contributed by atoms with van der Waals surface area (Å²) in [6.45, 7) is 4.15. The summed E-state index contributed by atoms with van der Waals surface area (Å²) in [6.07, 6.45) is 0.963. The highest BCUT2D eigenvalue weighted by molar-refractivity contribution is 7.24. The zero-order valence-corrected chi connectivity index (χ0v) is 11.3. The molecule has 0 atom stereocenters. The molecule has 0 saturated heterocycles. The SMILES string of the molecule is CCc1ccc(C)c2c(=O)c3ccccc3sc12. The van der Waals surface area contributed by atoms with Gasteiger partial charge in [0.25, 0.3) is 0 Å². The van der Waals surface area contributed by atoms with Gasteiger partial charge in [-0.3, -0.25) is 4.79 Å². The van der Waals surface area contributed by atoms with E-state index < -0.39 is 0 Å². The van der Waals surface area contributed by atoms with E-state index in [4.69, 9.17) is 0 Å². The summed E-state index contributed by atoms with van der Waals surface area (Å²) in [7, 11) is 0. The molecule has 0 aliphatic carbocycles. The lowest BCUT2D eigenvalue weighted by atomic mass is 10.0. The largest absolute Gasteiger partial charge is 0.288 e. The summed E-state index contributed by atoms with van der Waals surface area (Å²) in [6, 6.07) is 12.1. The second kappa shape index (κ2) is 4.21. The van der Waals surface area contributed by atoms with Gasteiger partial charge in [0, 0.05) is 20.2 Å². The molecule has 0 unspecified atom stereocenters. The highest BCUT2D eigenvalue weighted by atomic mass is 32.1. The Balaban J connectivity index is 2.63. The summed E-state index contributed by atoms with van der Waals surface area (Å²) in [5.74, 6) is 0. The van der Waals surface area contributed by atoms with Crippen molar-refractivity contribution < 1.29 is 0 Å². The molecular formula is C16H14OS. The number of hydrogen-bond acceptors (Lipinski definition) is 2. The molecule has 18 heavy (non-hydrogen) atoms. The maximum absolute atomic E-state index is 12.6. The second-order valence-corrected chi connectivity index (χ2v) is 5.58. The Morgan fingerprint density at radius 3 is 2.67 bits per heavy atom. The normalized spacial score (nSPS) is 11.2. The van der Waals surface area contributed by atoms with Gasteiger partial charge in [-0.15, -0.1) is 11.3 Å². The molecule has 0 saturated carbocycles. The molecule has 0 amide bonds. The van der Waals surface area contributed by atoms with Crippen LogP contribution >= 0.6 is 11.3 Å². The molecule has 0 bridgehead atoms. The van der Waals surface area contributed by atoms with Crippen molar-refractivity contribution in [3.63, 3.8) is 0 Å². The van der Waals surface area contributed by atoms with Crippen molar-refractivity contribution >= 4 is 31.5 Å². The van der Waals surface area contributed by atoms with Crippen LogP contribution in [0.25, 0.3) is 20.2 Å². The first-order chi connectivity index (χ1) is 8.72. The van der Waals surface area contributed by atoms with Crippen molar-refractivity contribution in [2.45, 2.75) is 20.3 Å². The molecule has 1 heterocycles. The lowest BCUT2D eigenvalue weighted by Crippen LogP contribution is -2.03. The number of hydrogen-bond donors (Lipinski definition) is 0. The molecule has 3 aromatic rings. The third-order valence-electron chi connectivity index (χ3n) is 3.40. The van der Waals surface area contributed by atoms with Gasteiger partial charge in [-0.25, -0.2) is 0 Å². The van der Waals surface area contributed by atoms with Crippen molar-refractivity contribution in [2.75, 3.05) is 0 Å². The van der Waals surface area contributed by atoms with E-state index in [1.165, 1.54) is 5.56 Å². The van der Waals surface area contributed by atoms with E-state index in [1.54, 1.807) is 11.3 Å². The van der Waals surface area contributed by atoms with Gasteiger partial charge in [0.05, 0.1) is 0 Å². The first-order valence-corrected chi connectivity index (χ1v) is 6.98. The van der Waals surface area contributed by atoms with Crippen LogP contribution in [0.1, 0.15) is 18.1 Å². The lowest BCUT2D eigenvalue weighted by Gasteiger charge is -2.07. The minimum absolute atomic E-state index is 0.173. The molecule has 2 aromatic carbocycles. The van der Waals surface area contributed by atoms with Crippen LogP contribution in [-0.2, 0) is 6.42 Å². The number of fused-ring (bicyclic) bond motifs is 2. The Kier molecular flexibility index (Phi) is 2.67. The summed E-state index contributed by atoms with van der Waals surface area (Å²) < 4.78 is 2.23. The first-order valence-electron chi connectivity index (χ1n) is 6.16. The molecule has 0 aliphatic rings. The average molecular weight is 254 g/mol. The average Bonchev–Trinajstić information content (AvgIpc) is 2.39. The van der Waals surface area contributed by atoms with Crippen LogP contribution in [0.5, 0.6) is 0 Å². The predicted octanol–water partition coefficient (Wildman–Crippen LogP) is 4.29. The minimum atomic E-state index is 0.173. The predicted molar refractivity (Wildman–Crippen MR) is 79.7 cm³/mol. The van der Waals surface area contributed by atoms with Crippen molar-refractivity contribution in [3.05, 3.63) is 57.7 Å². The van der Waals surface area contributed by atoms with E-state index in [1.807, 2.05) is 31.2 Å². The molecule has 0 N–H and O–H groups in total. The van der Waals surface area contributed by atoms with Gasteiger partial charge in [0.15, 0.2) is 5.43 Å². The van der Waals surface area contributed by atoms with Crippen molar-refractivity contribution in [1.29, 1.82) is 0 Å². The van der Waals surface area contributed by atoms with Gasteiger partial charge in [0.2, 0.25) is 0 Å². The molecular weight excluding hydrogens is 240 g/mol. The van der Waals surface area contributed by atoms with Crippen LogP contribution < -0.4 is 5.43 Å². The van der Waals surface area contributed by atoms with Crippen molar-refractivity contribution in [1.82, 2.24) is 0 Å². The second-order valence-electron chi connectivity index (χ2n) is 4.53. The van der Waals surface area contributed by atoms with Crippen molar-refractivity contribution in [2.24, 2.45) is 0 Å². The fourth-order valence-corrected chi connectivity index (χ4v) is 3.73. The summed E-state index contributed by atoms with van der Waals surface area (Å²) in [5, 5.41) is 1.74. The fourth-order valence-electron chi connectivity index (χ4n) is 2.39. The van der Waals surface area contributed by atoms with Gasteiger partial charge < -0.3 is 0 Å². The standard InChI is InChI=1S/C16H14OS/c1-3-11-9-8-10(2)14-15(17)12-6-4-5-7-13(12)18-16(11)14/h4-9H,3H2,1-2H3. The Labute approximate surface area is 110 Å². The molecule has 1 nitrogen and oxygen atoms in total. The first kappa shape index (κ1) is 11.4. The number of benzene rings is 2. The smallest absolute Gasteiger partial charge is 0.196 e. The molecule has 0 spiro atoms.